The van der Waals surface area contributed by atoms with Crippen molar-refractivity contribution in [1.29, 1.82) is 0 Å². The zero-order valence-corrected chi connectivity index (χ0v) is 15.9. The smallest absolute Gasteiger partial charge is 0.200 e. The van der Waals surface area contributed by atoms with Crippen molar-refractivity contribution in [3.8, 4) is 5.75 Å². The first-order chi connectivity index (χ1) is 13.1. The third-order valence-electron chi connectivity index (χ3n) is 3.78. The van der Waals surface area contributed by atoms with Gasteiger partial charge in [-0.1, -0.05) is 51.5 Å². The summed E-state index contributed by atoms with van der Waals surface area (Å²) in [5.74, 6) is -5.28. The van der Waals surface area contributed by atoms with Crippen LogP contribution in [-0.4, -0.2) is 13.7 Å². The molecule has 0 aliphatic carbocycles. The molecule has 0 aliphatic rings. The van der Waals surface area contributed by atoms with Crippen molar-refractivity contribution in [3.05, 3.63) is 102 Å². The molecule has 0 saturated heterocycles. The summed E-state index contributed by atoms with van der Waals surface area (Å²) in [6.07, 6.45) is 3.11. The fraction of sp³-hybridized carbons (Fsp3) is 0.182. The van der Waals surface area contributed by atoms with E-state index < -0.39 is 29.0 Å². The van der Waals surface area contributed by atoms with E-state index in [4.69, 9.17) is 4.74 Å². The topological polar surface area (TPSA) is 18.5 Å². The van der Waals surface area contributed by atoms with Gasteiger partial charge in [0.2, 0.25) is 11.6 Å². The average Bonchev–Trinajstić information content (AvgIpc) is 2.70. The molecule has 0 fully saturated rings. The van der Waals surface area contributed by atoms with Gasteiger partial charge in [0, 0.05) is 5.57 Å². The van der Waals surface area contributed by atoms with Crippen molar-refractivity contribution in [2.45, 2.75) is 13.3 Å². The number of methoxy groups -OCH3 is 1. The lowest BCUT2D eigenvalue weighted by Crippen LogP contribution is -2.03. The molecule has 0 spiro atoms. The van der Waals surface area contributed by atoms with Crippen molar-refractivity contribution in [1.82, 2.24) is 0 Å². The van der Waals surface area contributed by atoms with Crippen LogP contribution in [0.5, 0.6) is 5.75 Å². The van der Waals surface area contributed by atoms with Gasteiger partial charge in [-0.15, -0.1) is 0 Å². The SMILES string of the molecule is C=C(/C=C\C(=C)C(=C)/C(F)=C(/F)C(=C)OC)COc1ccc(CC)c(F)c1F. The molecule has 0 radical (unpaired) electrons. The molecule has 0 heterocycles. The molecule has 0 atom stereocenters. The van der Waals surface area contributed by atoms with Gasteiger partial charge in [-0.3, -0.25) is 0 Å². The Kier molecular flexibility index (Phi) is 8.51. The van der Waals surface area contributed by atoms with Gasteiger partial charge in [0.25, 0.3) is 0 Å². The van der Waals surface area contributed by atoms with Crippen LogP contribution in [0.15, 0.2) is 84.7 Å². The third kappa shape index (κ3) is 5.74. The maximum absolute atomic E-state index is 14.0. The van der Waals surface area contributed by atoms with Gasteiger partial charge in [-0.2, -0.15) is 8.78 Å². The number of aryl methyl sites for hydroxylation is 1. The van der Waals surface area contributed by atoms with Gasteiger partial charge in [0.05, 0.1) is 7.11 Å². The summed E-state index contributed by atoms with van der Waals surface area (Å²) in [5, 5.41) is 0. The molecule has 0 unspecified atom stereocenters. The fourth-order valence-electron chi connectivity index (χ4n) is 1.98. The monoisotopic (exact) mass is 394 g/mol. The summed E-state index contributed by atoms with van der Waals surface area (Å²) in [7, 11) is 1.15. The second kappa shape index (κ2) is 10.3. The van der Waals surface area contributed by atoms with Crippen LogP contribution in [-0.2, 0) is 11.2 Å². The van der Waals surface area contributed by atoms with Gasteiger partial charge in [-0.05, 0) is 29.2 Å². The van der Waals surface area contributed by atoms with E-state index in [0.717, 1.165) is 7.11 Å². The van der Waals surface area contributed by atoms with Crippen molar-refractivity contribution < 1.29 is 27.0 Å². The van der Waals surface area contributed by atoms with E-state index in [1.807, 2.05) is 0 Å². The zero-order valence-electron chi connectivity index (χ0n) is 15.9. The van der Waals surface area contributed by atoms with Crippen LogP contribution in [0.4, 0.5) is 17.6 Å². The minimum absolute atomic E-state index is 0.0715. The second-order valence-electron chi connectivity index (χ2n) is 5.74. The Morgan fingerprint density at radius 1 is 1.00 bits per heavy atom. The van der Waals surface area contributed by atoms with Gasteiger partial charge in [-0.25, -0.2) is 8.78 Å². The van der Waals surface area contributed by atoms with Crippen LogP contribution in [0.3, 0.4) is 0 Å². The predicted octanol–water partition coefficient (Wildman–Crippen LogP) is 6.44. The highest BCUT2D eigenvalue weighted by Crippen LogP contribution is 2.27. The average molecular weight is 394 g/mol. The first-order valence-electron chi connectivity index (χ1n) is 8.26. The lowest BCUT2D eigenvalue weighted by molar-refractivity contribution is 0.281. The van der Waals surface area contributed by atoms with Crippen LogP contribution in [0.1, 0.15) is 12.5 Å². The molecule has 2 nitrogen and oxygen atoms in total. The van der Waals surface area contributed by atoms with Crippen LogP contribution in [0.2, 0.25) is 0 Å². The molecule has 0 N–H and O–H groups in total. The number of hydrogen-bond donors (Lipinski definition) is 0. The minimum Gasteiger partial charge on any atom is -0.494 e. The zero-order chi connectivity index (χ0) is 21.4. The molecule has 28 heavy (non-hydrogen) atoms. The molecule has 1 aromatic carbocycles. The molecular weight excluding hydrogens is 372 g/mol. The molecule has 0 bridgehead atoms. The van der Waals surface area contributed by atoms with Crippen LogP contribution < -0.4 is 4.74 Å². The highest BCUT2D eigenvalue weighted by Gasteiger charge is 2.15. The van der Waals surface area contributed by atoms with E-state index in [0.29, 0.717) is 12.0 Å². The fourth-order valence-corrected chi connectivity index (χ4v) is 1.98. The minimum atomic E-state index is -1.28. The summed E-state index contributed by atoms with van der Waals surface area (Å²) in [5.41, 5.74) is 0.377. The maximum atomic E-state index is 14.0. The van der Waals surface area contributed by atoms with Gasteiger partial charge < -0.3 is 9.47 Å². The Labute approximate surface area is 162 Å². The Bertz CT molecular complexity index is 864. The number of ether oxygens (including phenoxy) is 2. The lowest BCUT2D eigenvalue weighted by Gasteiger charge is -2.10. The van der Waals surface area contributed by atoms with Crippen LogP contribution >= 0.6 is 0 Å². The second-order valence-corrected chi connectivity index (χ2v) is 5.74. The summed E-state index contributed by atoms with van der Waals surface area (Å²) in [4.78, 5) is 0. The Morgan fingerprint density at radius 3 is 2.21 bits per heavy atom. The molecule has 0 aliphatic heterocycles. The number of rotatable bonds is 10. The summed E-state index contributed by atoms with van der Waals surface area (Å²) >= 11 is 0. The normalized spacial score (nSPS) is 11.8. The van der Waals surface area contributed by atoms with E-state index in [-0.39, 0.29) is 29.1 Å². The molecule has 1 rings (SSSR count). The van der Waals surface area contributed by atoms with Gasteiger partial charge in [0.1, 0.15) is 12.4 Å². The Morgan fingerprint density at radius 2 is 1.64 bits per heavy atom. The summed E-state index contributed by atoms with van der Waals surface area (Å²) in [6.45, 7) is 15.5. The van der Waals surface area contributed by atoms with E-state index in [1.165, 1.54) is 24.3 Å². The third-order valence-corrected chi connectivity index (χ3v) is 3.78. The molecular formula is C22H22F4O2. The quantitative estimate of drug-likeness (QED) is 0.258. The van der Waals surface area contributed by atoms with E-state index >= 15 is 0 Å². The van der Waals surface area contributed by atoms with Gasteiger partial charge >= 0.3 is 0 Å². The molecule has 0 amide bonds. The summed E-state index contributed by atoms with van der Waals surface area (Å²) < 4.78 is 65.0. The number of allylic oxidation sites excluding steroid dienone is 5. The Hall–Kier alpha value is -3.02. The van der Waals surface area contributed by atoms with Crippen molar-refractivity contribution in [3.63, 3.8) is 0 Å². The molecule has 1 aromatic rings. The van der Waals surface area contributed by atoms with Crippen molar-refractivity contribution >= 4 is 0 Å². The largest absolute Gasteiger partial charge is 0.494 e. The molecule has 0 saturated carbocycles. The molecule has 0 aromatic heterocycles. The first-order valence-corrected chi connectivity index (χ1v) is 8.26. The highest BCUT2D eigenvalue weighted by atomic mass is 19.2. The number of benzene rings is 1. The first kappa shape index (κ1) is 23.0. The van der Waals surface area contributed by atoms with E-state index in [9.17, 15) is 17.6 Å². The summed E-state index contributed by atoms with van der Waals surface area (Å²) in [6, 6.07) is 2.77. The maximum Gasteiger partial charge on any atom is 0.200 e. The molecule has 150 valence electrons. The predicted molar refractivity (Wildman–Crippen MR) is 103 cm³/mol. The number of hydrogen-bond acceptors (Lipinski definition) is 2. The van der Waals surface area contributed by atoms with Crippen molar-refractivity contribution in [2.24, 2.45) is 0 Å². The van der Waals surface area contributed by atoms with Gasteiger partial charge in [0.15, 0.2) is 17.4 Å². The Balaban J connectivity index is 2.74. The molecule has 6 heteroatoms. The van der Waals surface area contributed by atoms with E-state index in [1.54, 1.807) is 6.92 Å². The highest BCUT2D eigenvalue weighted by molar-refractivity contribution is 5.49. The standard InChI is InChI=1S/C22H22F4O2/c1-7-17-10-11-18(22(26)21(17)25)28-12-13(2)8-9-14(3)15(4)19(23)20(24)16(5)27-6/h8-11H,2-5,7,12H2,1,6H3/b9-8-,20-19-. The van der Waals surface area contributed by atoms with Crippen LogP contribution in [0.25, 0.3) is 0 Å². The van der Waals surface area contributed by atoms with E-state index in [2.05, 4.69) is 31.1 Å². The lowest BCUT2D eigenvalue weighted by atomic mass is 10.1. The van der Waals surface area contributed by atoms with Crippen molar-refractivity contribution in [2.75, 3.05) is 13.7 Å². The van der Waals surface area contributed by atoms with Crippen LogP contribution in [0, 0.1) is 11.6 Å². The number of halogens is 4.